The fraction of sp³-hybridized carbons (Fsp3) is 0.875. The van der Waals surface area contributed by atoms with Crippen molar-refractivity contribution in [1.82, 2.24) is 0 Å². The summed E-state index contributed by atoms with van der Waals surface area (Å²) in [5, 5.41) is 1.94. The predicted octanol–water partition coefficient (Wildman–Crippen LogP) is 0.299. The Labute approximate surface area is 63.0 Å². The second-order valence-electron chi connectivity index (χ2n) is 3.56. The lowest BCUT2D eigenvalue weighted by Gasteiger charge is -2.18. The van der Waals surface area contributed by atoms with E-state index in [4.69, 9.17) is 4.74 Å². The summed E-state index contributed by atoms with van der Waals surface area (Å²) in [6.07, 6.45) is 2.82. The van der Waals surface area contributed by atoms with E-state index in [1.807, 2.05) is 5.32 Å². The lowest BCUT2D eigenvalue weighted by molar-refractivity contribution is -0.603. The Hall–Kier alpha value is -0.0800. The molecule has 0 spiro atoms. The van der Waals surface area contributed by atoms with E-state index in [1.165, 1.54) is 12.8 Å². The van der Waals surface area contributed by atoms with Crippen LogP contribution in [0.25, 0.3) is 0 Å². The minimum Gasteiger partial charge on any atom is -0.477 e. The van der Waals surface area contributed by atoms with E-state index in [2.05, 4.69) is 20.9 Å². The third-order valence-electron chi connectivity index (χ3n) is 1.98. The zero-order valence-electron chi connectivity index (χ0n) is 6.89. The maximum absolute atomic E-state index is 5.72. The molecule has 2 N–H and O–H groups in total. The smallest absolute Gasteiger partial charge is 0.105 e. The molecule has 0 aliphatic carbocycles. The van der Waals surface area contributed by atoms with Gasteiger partial charge in [-0.3, -0.25) is 0 Å². The molecule has 1 aliphatic heterocycles. The molecule has 0 radical (unpaired) electrons. The van der Waals surface area contributed by atoms with E-state index in [1.54, 1.807) is 0 Å². The van der Waals surface area contributed by atoms with Crippen LogP contribution in [0.4, 0.5) is 0 Å². The van der Waals surface area contributed by atoms with Crippen molar-refractivity contribution in [3.8, 4) is 0 Å². The van der Waals surface area contributed by atoms with Gasteiger partial charge < -0.3 is 10.1 Å². The van der Waals surface area contributed by atoms with Crippen LogP contribution in [0.1, 0.15) is 26.7 Å². The fourth-order valence-corrected chi connectivity index (χ4v) is 1.43. The molecule has 0 bridgehead atoms. The summed E-state index contributed by atoms with van der Waals surface area (Å²) in [7, 11) is 3.69. The van der Waals surface area contributed by atoms with Gasteiger partial charge in [-0.1, -0.05) is 0 Å². The van der Waals surface area contributed by atoms with Crippen LogP contribution in [0.2, 0.25) is 0 Å². The summed E-state index contributed by atoms with van der Waals surface area (Å²) in [5.74, 6) is 0. The lowest BCUT2D eigenvalue weighted by Crippen LogP contribution is -2.79. The van der Waals surface area contributed by atoms with Crippen LogP contribution in [-0.2, 0) is 4.74 Å². The third kappa shape index (κ3) is 1.96. The van der Waals surface area contributed by atoms with E-state index < -0.39 is 0 Å². The molecule has 1 rings (SSSR count). The highest BCUT2D eigenvalue weighted by Gasteiger charge is 2.31. The van der Waals surface area contributed by atoms with Gasteiger partial charge in [-0.25, -0.2) is 0 Å². The van der Waals surface area contributed by atoms with Crippen molar-refractivity contribution in [3.63, 3.8) is 0 Å². The van der Waals surface area contributed by atoms with Crippen molar-refractivity contribution < 1.29 is 10.1 Å². The SMILES string of the molecule is [CH2-][NH2+]CC1CCC(C)(C)O1. The number of hydrogen-bond donors (Lipinski definition) is 1. The van der Waals surface area contributed by atoms with Crippen LogP contribution in [0.5, 0.6) is 0 Å². The molecule has 1 heterocycles. The quantitative estimate of drug-likeness (QED) is 0.553. The minimum atomic E-state index is 0.119. The first-order valence-corrected chi connectivity index (χ1v) is 3.93. The van der Waals surface area contributed by atoms with Crippen molar-refractivity contribution >= 4 is 0 Å². The normalized spacial score (nSPS) is 30.9. The lowest BCUT2D eigenvalue weighted by atomic mass is 10.1. The van der Waals surface area contributed by atoms with Crippen LogP contribution >= 0.6 is 0 Å². The molecule has 1 atom stereocenters. The topological polar surface area (TPSA) is 25.8 Å². The van der Waals surface area contributed by atoms with Gasteiger partial charge in [-0.15, -0.1) is 0 Å². The van der Waals surface area contributed by atoms with Crippen molar-refractivity contribution in [2.45, 2.75) is 38.4 Å². The Balaban J connectivity index is 2.29. The molecule has 0 aromatic heterocycles. The first-order chi connectivity index (χ1) is 4.64. The molecule has 1 unspecified atom stereocenters. The first-order valence-electron chi connectivity index (χ1n) is 3.93. The summed E-state index contributed by atoms with van der Waals surface area (Å²) >= 11 is 0. The molecular formula is C8H17NO. The van der Waals surface area contributed by atoms with Crippen molar-refractivity contribution in [1.29, 1.82) is 0 Å². The summed E-state index contributed by atoms with van der Waals surface area (Å²) in [6.45, 7) is 5.30. The van der Waals surface area contributed by atoms with E-state index in [0.29, 0.717) is 6.10 Å². The van der Waals surface area contributed by atoms with Crippen LogP contribution in [-0.4, -0.2) is 18.2 Å². The van der Waals surface area contributed by atoms with E-state index in [9.17, 15) is 0 Å². The van der Waals surface area contributed by atoms with Crippen molar-refractivity contribution in [2.24, 2.45) is 0 Å². The van der Waals surface area contributed by atoms with Gasteiger partial charge in [-0.2, -0.15) is 7.05 Å². The van der Waals surface area contributed by atoms with Gasteiger partial charge in [0.2, 0.25) is 0 Å². The summed E-state index contributed by atoms with van der Waals surface area (Å²) in [6, 6.07) is 0. The van der Waals surface area contributed by atoms with Gasteiger partial charge in [0.25, 0.3) is 0 Å². The predicted molar refractivity (Wildman–Crippen MR) is 40.3 cm³/mol. The average Bonchev–Trinajstić information content (AvgIpc) is 2.12. The molecule has 60 valence electrons. The van der Waals surface area contributed by atoms with Gasteiger partial charge in [0.05, 0.1) is 12.1 Å². The van der Waals surface area contributed by atoms with Crippen LogP contribution in [0, 0.1) is 7.05 Å². The monoisotopic (exact) mass is 143 g/mol. The fourth-order valence-electron chi connectivity index (χ4n) is 1.43. The molecule has 2 nitrogen and oxygen atoms in total. The van der Waals surface area contributed by atoms with Gasteiger partial charge in [0.15, 0.2) is 0 Å². The molecule has 1 aliphatic rings. The first kappa shape index (κ1) is 8.02. The summed E-state index contributed by atoms with van der Waals surface area (Å²) in [5.41, 5.74) is 0.119. The molecule has 1 saturated heterocycles. The number of hydrogen-bond acceptors (Lipinski definition) is 1. The number of quaternary nitrogens is 1. The van der Waals surface area contributed by atoms with Gasteiger partial charge in [-0.05, 0) is 26.7 Å². The van der Waals surface area contributed by atoms with Gasteiger partial charge >= 0.3 is 0 Å². The van der Waals surface area contributed by atoms with Crippen molar-refractivity contribution in [2.75, 3.05) is 6.54 Å². The molecule has 0 saturated carbocycles. The van der Waals surface area contributed by atoms with Gasteiger partial charge in [0, 0.05) is 0 Å². The Kier molecular flexibility index (Phi) is 2.32. The van der Waals surface area contributed by atoms with Crippen LogP contribution in [0.15, 0.2) is 0 Å². The van der Waals surface area contributed by atoms with Crippen LogP contribution < -0.4 is 5.32 Å². The molecule has 2 heteroatoms. The second-order valence-corrected chi connectivity index (χ2v) is 3.56. The molecule has 1 fully saturated rings. The number of ether oxygens (including phenoxy) is 1. The van der Waals surface area contributed by atoms with E-state index >= 15 is 0 Å². The largest absolute Gasteiger partial charge is 0.477 e. The molecule has 0 aromatic rings. The van der Waals surface area contributed by atoms with E-state index in [-0.39, 0.29) is 5.60 Å². The average molecular weight is 143 g/mol. The Morgan fingerprint density at radius 2 is 2.40 bits per heavy atom. The van der Waals surface area contributed by atoms with Crippen LogP contribution in [0.3, 0.4) is 0 Å². The summed E-state index contributed by atoms with van der Waals surface area (Å²) < 4.78 is 5.72. The molecule has 0 amide bonds. The zero-order chi connectivity index (χ0) is 7.61. The molecular weight excluding hydrogens is 126 g/mol. The number of rotatable bonds is 2. The highest BCUT2D eigenvalue weighted by molar-refractivity contribution is 4.79. The highest BCUT2D eigenvalue weighted by atomic mass is 16.5. The summed E-state index contributed by atoms with van der Waals surface area (Å²) in [4.78, 5) is 0. The molecule has 0 aromatic carbocycles. The van der Waals surface area contributed by atoms with E-state index in [0.717, 1.165) is 6.54 Å². The standard InChI is InChI=1S/C8H17NO/c1-8(2)5-4-7(10-8)6-9-3/h7H,3-6,9H2,1-2H3. The zero-order valence-corrected chi connectivity index (χ0v) is 6.89. The third-order valence-corrected chi connectivity index (χ3v) is 1.98. The highest BCUT2D eigenvalue weighted by Crippen LogP contribution is 2.28. The maximum Gasteiger partial charge on any atom is 0.105 e. The Morgan fingerprint density at radius 1 is 1.70 bits per heavy atom. The minimum absolute atomic E-state index is 0.119. The Bertz CT molecular complexity index is 112. The van der Waals surface area contributed by atoms with Gasteiger partial charge in [0.1, 0.15) is 6.10 Å². The van der Waals surface area contributed by atoms with Crippen molar-refractivity contribution in [3.05, 3.63) is 7.05 Å². The maximum atomic E-state index is 5.72. The second kappa shape index (κ2) is 2.89. The number of nitrogens with two attached hydrogens (primary N) is 1. The Morgan fingerprint density at radius 3 is 2.80 bits per heavy atom. The molecule has 10 heavy (non-hydrogen) atoms.